The van der Waals surface area contributed by atoms with Gasteiger partial charge in [0.25, 0.3) is 5.91 Å². The Labute approximate surface area is 112 Å². The Morgan fingerprint density at radius 2 is 2.16 bits per heavy atom. The number of fused-ring (bicyclic) bond motifs is 1. The van der Waals surface area contributed by atoms with Crippen LogP contribution in [0.1, 0.15) is 28.8 Å². The molecule has 1 aromatic carbocycles. The van der Waals surface area contributed by atoms with E-state index < -0.39 is 0 Å². The molecule has 3 atom stereocenters. The van der Waals surface area contributed by atoms with Gasteiger partial charge < -0.3 is 10.6 Å². The number of likely N-dealkylation sites (tertiary alicyclic amines) is 1. The molecule has 1 aliphatic heterocycles. The smallest absolute Gasteiger partial charge is 0.254 e. The van der Waals surface area contributed by atoms with E-state index in [0.29, 0.717) is 23.0 Å². The van der Waals surface area contributed by atoms with E-state index in [1.165, 1.54) is 12.1 Å². The Morgan fingerprint density at radius 1 is 1.37 bits per heavy atom. The normalized spacial score (nSPS) is 29.6. The van der Waals surface area contributed by atoms with Gasteiger partial charge in [0.15, 0.2) is 0 Å². The Kier molecular flexibility index (Phi) is 3.05. The third-order valence-corrected chi connectivity index (χ3v) is 4.62. The van der Waals surface area contributed by atoms with E-state index >= 15 is 0 Å². The minimum atomic E-state index is -0.297. The highest BCUT2D eigenvalue weighted by Crippen LogP contribution is 2.37. The zero-order valence-electron chi connectivity index (χ0n) is 11.1. The van der Waals surface area contributed by atoms with Crippen LogP contribution >= 0.6 is 0 Å². The Morgan fingerprint density at radius 3 is 2.84 bits per heavy atom. The summed E-state index contributed by atoms with van der Waals surface area (Å²) in [6, 6.07) is 4.58. The molecule has 1 saturated heterocycles. The van der Waals surface area contributed by atoms with Gasteiger partial charge in [-0.05, 0) is 55.4 Å². The van der Waals surface area contributed by atoms with Crippen molar-refractivity contribution in [1.29, 1.82) is 0 Å². The molecule has 1 aliphatic carbocycles. The predicted molar refractivity (Wildman–Crippen MR) is 71.2 cm³/mol. The molecular formula is C15H19FN2O. The number of carbonyl (C=O) groups excluding carboxylic acids is 1. The van der Waals surface area contributed by atoms with Gasteiger partial charge in [0.1, 0.15) is 5.82 Å². The SMILES string of the molecule is Cc1cc(F)ccc1C(=O)N1C[C@@H]2CC[C@H](N)[C@H]2C1. The Balaban J connectivity index is 1.78. The lowest BCUT2D eigenvalue weighted by Crippen LogP contribution is -2.33. The van der Waals surface area contributed by atoms with Gasteiger partial charge in [0.05, 0.1) is 0 Å². The van der Waals surface area contributed by atoms with Crippen molar-refractivity contribution in [3.63, 3.8) is 0 Å². The van der Waals surface area contributed by atoms with E-state index in [9.17, 15) is 9.18 Å². The van der Waals surface area contributed by atoms with Crippen LogP contribution in [0.25, 0.3) is 0 Å². The van der Waals surface area contributed by atoms with Crippen molar-refractivity contribution in [2.24, 2.45) is 17.6 Å². The molecule has 4 heteroatoms. The van der Waals surface area contributed by atoms with Crippen LogP contribution in [0.2, 0.25) is 0 Å². The number of rotatable bonds is 1. The summed E-state index contributed by atoms with van der Waals surface area (Å²) >= 11 is 0. The summed E-state index contributed by atoms with van der Waals surface area (Å²) in [5.41, 5.74) is 7.39. The lowest BCUT2D eigenvalue weighted by atomic mass is 9.98. The molecule has 1 aromatic rings. The van der Waals surface area contributed by atoms with Crippen molar-refractivity contribution in [2.75, 3.05) is 13.1 Å². The summed E-state index contributed by atoms with van der Waals surface area (Å²) in [5, 5.41) is 0. The molecule has 0 bridgehead atoms. The number of benzene rings is 1. The second-order valence-electron chi connectivity index (χ2n) is 5.83. The molecule has 102 valence electrons. The van der Waals surface area contributed by atoms with Crippen LogP contribution in [-0.2, 0) is 0 Å². The van der Waals surface area contributed by atoms with Crippen molar-refractivity contribution in [1.82, 2.24) is 4.90 Å². The zero-order valence-corrected chi connectivity index (χ0v) is 11.1. The standard InChI is InChI=1S/C15H19FN2O/c1-9-6-11(16)3-4-12(9)15(19)18-7-10-2-5-14(17)13(10)8-18/h3-4,6,10,13-14H,2,5,7-8,17H2,1H3/t10-,13-,14-/m0/s1. The van der Waals surface area contributed by atoms with Crippen LogP contribution < -0.4 is 5.73 Å². The van der Waals surface area contributed by atoms with Gasteiger partial charge in [0.2, 0.25) is 0 Å². The average Bonchev–Trinajstić information content (AvgIpc) is 2.91. The maximum atomic E-state index is 13.1. The van der Waals surface area contributed by atoms with Crippen molar-refractivity contribution in [3.8, 4) is 0 Å². The fraction of sp³-hybridized carbons (Fsp3) is 0.533. The summed E-state index contributed by atoms with van der Waals surface area (Å²) in [4.78, 5) is 14.4. The molecule has 3 nitrogen and oxygen atoms in total. The second-order valence-corrected chi connectivity index (χ2v) is 5.83. The minimum Gasteiger partial charge on any atom is -0.338 e. The van der Waals surface area contributed by atoms with Crippen LogP contribution in [-0.4, -0.2) is 29.9 Å². The zero-order chi connectivity index (χ0) is 13.6. The van der Waals surface area contributed by atoms with Gasteiger partial charge in [-0.2, -0.15) is 0 Å². The van der Waals surface area contributed by atoms with E-state index in [0.717, 1.165) is 25.9 Å². The van der Waals surface area contributed by atoms with Crippen LogP contribution in [0.3, 0.4) is 0 Å². The van der Waals surface area contributed by atoms with E-state index in [4.69, 9.17) is 5.73 Å². The highest BCUT2D eigenvalue weighted by Gasteiger charge is 2.42. The number of hydrogen-bond acceptors (Lipinski definition) is 2. The van der Waals surface area contributed by atoms with Crippen LogP contribution in [0.4, 0.5) is 4.39 Å². The van der Waals surface area contributed by atoms with E-state index in [2.05, 4.69) is 0 Å². The van der Waals surface area contributed by atoms with Gasteiger partial charge in [-0.25, -0.2) is 4.39 Å². The minimum absolute atomic E-state index is 0.0131. The quantitative estimate of drug-likeness (QED) is 0.840. The fourth-order valence-corrected chi connectivity index (χ4v) is 3.51. The highest BCUT2D eigenvalue weighted by molar-refractivity contribution is 5.95. The molecular weight excluding hydrogens is 243 g/mol. The summed E-state index contributed by atoms with van der Waals surface area (Å²) in [5.74, 6) is 0.720. The molecule has 1 saturated carbocycles. The van der Waals surface area contributed by atoms with Gasteiger partial charge in [-0.1, -0.05) is 0 Å². The first-order chi connectivity index (χ1) is 9.06. The molecule has 1 amide bonds. The molecule has 0 unspecified atom stereocenters. The van der Waals surface area contributed by atoms with Crippen LogP contribution in [0, 0.1) is 24.6 Å². The number of halogens is 1. The largest absolute Gasteiger partial charge is 0.338 e. The van der Waals surface area contributed by atoms with Gasteiger partial charge in [-0.15, -0.1) is 0 Å². The second kappa shape index (κ2) is 4.60. The average molecular weight is 262 g/mol. The maximum Gasteiger partial charge on any atom is 0.254 e. The van der Waals surface area contributed by atoms with Crippen molar-refractivity contribution in [3.05, 3.63) is 35.1 Å². The molecule has 2 fully saturated rings. The number of nitrogens with two attached hydrogens (primary N) is 1. The monoisotopic (exact) mass is 262 g/mol. The summed E-state index contributed by atoms with van der Waals surface area (Å²) in [7, 11) is 0. The molecule has 3 rings (SSSR count). The van der Waals surface area contributed by atoms with Gasteiger partial charge >= 0.3 is 0 Å². The van der Waals surface area contributed by atoms with Crippen LogP contribution in [0.15, 0.2) is 18.2 Å². The molecule has 2 aliphatic rings. The number of hydrogen-bond donors (Lipinski definition) is 1. The first-order valence-corrected chi connectivity index (χ1v) is 6.87. The predicted octanol–water partition coefficient (Wildman–Crippen LogP) is 1.94. The van der Waals surface area contributed by atoms with Gasteiger partial charge in [0, 0.05) is 24.7 Å². The van der Waals surface area contributed by atoms with E-state index in [-0.39, 0.29) is 17.8 Å². The Hall–Kier alpha value is -1.42. The lowest BCUT2D eigenvalue weighted by molar-refractivity contribution is 0.0779. The van der Waals surface area contributed by atoms with Crippen molar-refractivity contribution in [2.45, 2.75) is 25.8 Å². The van der Waals surface area contributed by atoms with Gasteiger partial charge in [-0.3, -0.25) is 4.79 Å². The van der Waals surface area contributed by atoms with E-state index in [1.807, 2.05) is 4.90 Å². The third-order valence-electron chi connectivity index (χ3n) is 4.62. The molecule has 0 radical (unpaired) electrons. The third kappa shape index (κ3) is 2.14. The fourth-order valence-electron chi connectivity index (χ4n) is 3.51. The molecule has 19 heavy (non-hydrogen) atoms. The molecule has 1 heterocycles. The Bertz CT molecular complexity index is 517. The number of aryl methyl sites for hydroxylation is 1. The van der Waals surface area contributed by atoms with E-state index in [1.54, 1.807) is 13.0 Å². The maximum absolute atomic E-state index is 13.1. The summed E-state index contributed by atoms with van der Waals surface area (Å²) in [6.45, 7) is 3.33. The molecule has 2 N–H and O–H groups in total. The molecule has 0 aromatic heterocycles. The number of carbonyl (C=O) groups is 1. The number of nitrogens with zero attached hydrogens (tertiary/aromatic N) is 1. The highest BCUT2D eigenvalue weighted by atomic mass is 19.1. The first-order valence-electron chi connectivity index (χ1n) is 6.87. The van der Waals surface area contributed by atoms with Crippen molar-refractivity contribution >= 4 is 5.91 Å². The molecule has 0 spiro atoms. The number of amides is 1. The lowest BCUT2D eigenvalue weighted by Gasteiger charge is -2.19. The first kappa shape index (κ1) is 12.6. The topological polar surface area (TPSA) is 46.3 Å². The summed E-state index contributed by atoms with van der Waals surface area (Å²) < 4.78 is 13.1. The van der Waals surface area contributed by atoms with Crippen LogP contribution in [0.5, 0.6) is 0 Å². The van der Waals surface area contributed by atoms with Crippen molar-refractivity contribution < 1.29 is 9.18 Å². The summed E-state index contributed by atoms with van der Waals surface area (Å²) in [6.07, 6.45) is 2.20.